The average molecular weight is 489 g/mol. The van der Waals surface area contributed by atoms with Crippen molar-refractivity contribution < 1.29 is 39.2 Å². The summed E-state index contributed by atoms with van der Waals surface area (Å²) in [5.74, 6) is -7.19. The number of Topliss-reactive ketones (excluding diaryl/α,β-unsaturated/α-hetero) is 2. The highest BCUT2D eigenvalue weighted by molar-refractivity contribution is 6.24. The molecule has 1 aromatic carbocycles. The molecule has 0 aliphatic heterocycles. The van der Waals surface area contributed by atoms with E-state index in [1.165, 1.54) is 11.0 Å². The van der Waals surface area contributed by atoms with Crippen LogP contribution in [0.15, 0.2) is 29.0 Å². The van der Waals surface area contributed by atoms with Crippen LogP contribution in [0.1, 0.15) is 30.0 Å². The Labute approximate surface area is 201 Å². The number of halogens is 1. The Hall–Kier alpha value is -3.24. The predicted molar refractivity (Wildman–Crippen MR) is 123 cm³/mol. The van der Waals surface area contributed by atoms with Crippen molar-refractivity contribution in [2.75, 3.05) is 20.8 Å². The number of phenols is 1. The van der Waals surface area contributed by atoms with Gasteiger partial charge in [-0.05, 0) is 62.4 Å². The van der Waals surface area contributed by atoms with Crippen molar-refractivity contribution in [3.63, 3.8) is 0 Å². The highest BCUT2D eigenvalue weighted by Gasteiger charge is 2.64. The van der Waals surface area contributed by atoms with Gasteiger partial charge in [0.2, 0.25) is 5.78 Å². The highest BCUT2D eigenvalue weighted by atomic mass is 19.1. The zero-order chi connectivity index (χ0) is 26.0. The molecule has 0 spiro atoms. The Morgan fingerprint density at radius 1 is 1.26 bits per heavy atom. The van der Waals surface area contributed by atoms with Gasteiger partial charge < -0.3 is 26.2 Å². The van der Waals surface area contributed by atoms with Gasteiger partial charge in [-0.25, -0.2) is 0 Å². The molecule has 5 atom stereocenters. The largest absolute Gasteiger partial charge is 0.508 e. The van der Waals surface area contributed by atoms with E-state index in [1.807, 2.05) is 0 Å². The number of rotatable bonds is 5. The number of carbonyl (C=O) groups excluding carboxylic acids is 3. The molecule has 6 N–H and O–H groups in total. The summed E-state index contributed by atoms with van der Waals surface area (Å²) in [6.07, 6.45) is 0.552. The quantitative estimate of drug-likeness (QED) is 0.385. The van der Waals surface area contributed by atoms with Gasteiger partial charge in [0.15, 0.2) is 11.4 Å². The van der Waals surface area contributed by atoms with Gasteiger partial charge in [0.1, 0.15) is 22.8 Å². The lowest BCUT2D eigenvalue weighted by Crippen LogP contribution is -2.65. The maximum absolute atomic E-state index is 13.7. The number of nitrogens with zero attached hydrogens (tertiary/aromatic N) is 1. The van der Waals surface area contributed by atoms with Crippen molar-refractivity contribution in [3.8, 4) is 5.75 Å². The smallest absolute Gasteiger partial charge is 0.255 e. The number of aliphatic hydroxyl groups is 3. The van der Waals surface area contributed by atoms with E-state index >= 15 is 0 Å². The van der Waals surface area contributed by atoms with E-state index in [0.717, 1.165) is 0 Å². The van der Waals surface area contributed by atoms with Gasteiger partial charge in [-0.15, -0.1) is 0 Å². The van der Waals surface area contributed by atoms with E-state index in [-0.39, 0.29) is 35.6 Å². The van der Waals surface area contributed by atoms with Gasteiger partial charge in [-0.3, -0.25) is 23.7 Å². The molecule has 3 aliphatic carbocycles. The molecule has 188 valence electrons. The van der Waals surface area contributed by atoms with Crippen LogP contribution in [-0.4, -0.2) is 75.2 Å². The third-order valence-electron chi connectivity index (χ3n) is 7.53. The fraction of sp³-hybridized carbons (Fsp3) is 0.480. The first kappa shape index (κ1) is 24.9. The summed E-state index contributed by atoms with van der Waals surface area (Å²) in [7, 11) is 3.09. The molecule has 1 saturated carbocycles. The summed E-state index contributed by atoms with van der Waals surface area (Å²) in [5.41, 5.74) is 2.88. The number of hydrogen-bond acceptors (Lipinski definition) is 8. The number of phenolic OH excluding ortho intramolecular Hbond substituents is 1. The molecule has 35 heavy (non-hydrogen) atoms. The van der Waals surface area contributed by atoms with Crippen molar-refractivity contribution in [2.24, 2.45) is 23.5 Å². The fourth-order valence-electron chi connectivity index (χ4n) is 5.93. The van der Waals surface area contributed by atoms with E-state index in [0.29, 0.717) is 17.5 Å². The second-order valence-electron chi connectivity index (χ2n) is 10.0. The Morgan fingerprint density at radius 2 is 1.91 bits per heavy atom. The number of hydrogen-bond donors (Lipinski definition) is 5. The summed E-state index contributed by atoms with van der Waals surface area (Å²) >= 11 is 0. The maximum atomic E-state index is 13.7. The fourth-order valence-corrected chi connectivity index (χ4v) is 5.93. The molecule has 9 nitrogen and oxygen atoms in total. The number of ketones is 2. The lowest BCUT2D eigenvalue weighted by atomic mass is 9.57. The van der Waals surface area contributed by atoms with Crippen molar-refractivity contribution in [1.29, 1.82) is 0 Å². The lowest BCUT2D eigenvalue weighted by Gasteiger charge is -2.50. The van der Waals surface area contributed by atoms with E-state index in [2.05, 4.69) is 0 Å². The molecule has 0 bridgehead atoms. The first-order chi connectivity index (χ1) is 16.4. The Bertz CT molecular complexity index is 1200. The summed E-state index contributed by atoms with van der Waals surface area (Å²) in [4.78, 5) is 40.3. The average Bonchev–Trinajstić information content (AvgIpc) is 2.77. The van der Waals surface area contributed by atoms with Crippen LogP contribution in [0.25, 0.3) is 5.76 Å². The zero-order valence-corrected chi connectivity index (χ0v) is 19.7. The minimum absolute atomic E-state index is 0.0134. The molecule has 0 radical (unpaired) electrons. The van der Waals surface area contributed by atoms with Gasteiger partial charge >= 0.3 is 0 Å². The Kier molecular flexibility index (Phi) is 6.01. The van der Waals surface area contributed by atoms with Crippen LogP contribution < -0.4 is 5.73 Å². The Morgan fingerprint density at radius 3 is 2.49 bits per heavy atom. The molecule has 4 rings (SSSR count). The van der Waals surface area contributed by atoms with Crippen LogP contribution in [0.5, 0.6) is 5.75 Å². The summed E-state index contributed by atoms with van der Waals surface area (Å²) in [6.45, 7) is 1.17. The molecule has 0 heterocycles. The molecule has 2 unspecified atom stereocenters. The normalized spacial score (nSPS) is 29.1. The molecule has 3 aliphatic rings. The lowest BCUT2D eigenvalue weighted by molar-refractivity contribution is -0.153. The molecule has 10 heteroatoms. The maximum Gasteiger partial charge on any atom is 0.255 e. The second kappa shape index (κ2) is 8.46. The number of aliphatic hydroxyl groups excluding tert-OH is 2. The van der Waals surface area contributed by atoms with E-state index in [4.69, 9.17) is 5.73 Å². The van der Waals surface area contributed by atoms with Gasteiger partial charge in [-0.1, -0.05) is 13.0 Å². The summed E-state index contributed by atoms with van der Waals surface area (Å²) in [5, 5.41) is 44.1. The third kappa shape index (κ3) is 3.46. The number of amides is 1. The van der Waals surface area contributed by atoms with Gasteiger partial charge in [0.05, 0.1) is 18.3 Å². The number of aromatic hydroxyl groups is 1. The molecule has 0 saturated heterocycles. The number of carbonyl (C=O) groups is 3. The van der Waals surface area contributed by atoms with Crippen LogP contribution in [-0.2, 0) is 27.2 Å². The van der Waals surface area contributed by atoms with Gasteiger partial charge in [0.25, 0.3) is 5.91 Å². The third-order valence-corrected chi connectivity index (χ3v) is 7.53. The number of alkyl halides is 1. The monoisotopic (exact) mass is 488 g/mol. The molecule has 0 aromatic heterocycles. The van der Waals surface area contributed by atoms with Crippen LogP contribution in [0.4, 0.5) is 4.39 Å². The molecule has 1 fully saturated rings. The van der Waals surface area contributed by atoms with Crippen molar-refractivity contribution >= 4 is 23.2 Å². The van der Waals surface area contributed by atoms with E-state index in [1.54, 1.807) is 27.1 Å². The van der Waals surface area contributed by atoms with Crippen molar-refractivity contribution in [3.05, 3.63) is 45.7 Å². The van der Waals surface area contributed by atoms with Gasteiger partial charge in [-0.2, -0.15) is 0 Å². The second-order valence-corrected chi connectivity index (χ2v) is 10.0. The number of nitrogens with two attached hydrogens (primary N) is 1. The van der Waals surface area contributed by atoms with Crippen molar-refractivity contribution in [1.82, 2.24) is 4.90 Å². The first-order valence-electron chi connectivity index (χ1n) is 11.4. The number of benzene rings is 1. The summed E-state index contributed by atoms with van der Waals surface area (Å²) in [6, 6.07) is 1.87. The topological polar surface area (TPSA) is 161 Å². The molecule has 1 aromatic rings. The SMILES string of the molecule is CC(CF)Cc1ccc(O)c2c1C[C@@H]1C[C@@H]3C(N(C)C)C(=O)C(C(N)=O)=C(O)[C@]3(O)C(=O)C1=C2O. The van der Waals surface area contributed by atoms with Crippen LogP contribution in [0.3, 0.4) is 0 Å². The number of primary amides is 1. The molecular weight excluding hydrogens is 459 g/mol. The van der Waals surface area contributed by atoms with E-state index < -0.39 is 64.7 Å². The zero-order valence-electron chi connectivity index (χ0n) is 19.7. The summed E-state index contributed by atoms with van der Waals surface area (Å²) < 4.78 is 13.2. The minimum Gasteiger partial charge on any atom is -0.508 e. The standard InChI is InChI=1S/C25H29FN2O7/c1-10(9-26)6-11-4-5-15(29)17-13(11)7-12-8-14-19(28(2)3)21(31)18(24(27)34)23(33)25(14,35)22(32)16(12)20(17)30/h4-5,10,12,14,19,29-30,33,35H,6-9H2,1-3H3,(H2,27,34)/t10?,12-,14-,19?,25-/m1/s1. The molecular formula is C25H29FN2O7. The first-order valence-corrected chi connectivity index (χ1v) is 11.4. The van der Waals surface area contributed by atoms with Crippen molar-refractivity contribution in [2.45, 2.75) is 37.8 Å². The van der Waals surface area contributed by atoms with E-state index in [9.17, 15) is 39.2 Å². The van der Waals surface area contributed by atoms with Crippen LogP contribution in [0, 0.1) is 17.8 Å². The molecule has 1 amide bonds. The highest BCUT2D eigenvalue weighted by Crippen LogP contribution is 2.53. The van der Waals surface area contributed by atoms with Crippen LogP contribution in [0.2, 0.25) is 0 Å². The predicted octanol–water partition coefficient (Wildman–Crippen LogP) is 1.11. The number of likely N-dealkylation sites (N-methyl/N-ethyl adjacent to an activating group) is 1. The van der Waals surface area contributed by atoms with Crippen LogP contribution >= 0.6 is 0 Å². The Balaban J connectivity index is 1.94. The number of fused-ring (bicyclic) bond motifs is 3. The minimum atomic E-state index is -2.67. The van der Waals surface area contributed by atoms with Gasteiger partial charge in [0, 0.05) is 11.5 Å².